The van der Waals surface area contributed by atoms with E-state index in [1.807, 2.05) is 31.2 Å². The van der Waals surface area contributed by atoms with E-state index >= 15 is 0 Å². The highest BCUT2D eigenvalue weighted by Gasteiger charge is 2.26. The van der Waals surface area contributed by atoms with Crippen molar-refractivity contribution in [3.63, 3.8) is 0 Å². The van der Waals surface area contributed by atoms with Gasteiger partial charge in [0.1, 0.15) is 0 Å². The normalized spacial score (nSPS) is 14.9. The van der Waals surface area contributed by atoms with Gasteiger partial charge in [-0.05, 0) is 30.2 Å². The number of hydrogen-bond acceptors (Lipinski definition) is 4. The van der Waals surface area contributed by atoms with Crippen LogP contribution in [0.4, 0.5) is 11.4 Å². The molecule has 1 aliphatic rings. The first-order valence-electron chi connectivity index (χ1n) is 8.75. The molecule has 0 radical (unpaired) electrons. The second kappa shape index (κ2) is 8.01. The zero-order chi connectivity index (χ0) is 18.5. The van der Waals surface area contributed by atoms with Crippen LogP contribution in [-0.4, -0.2) is 47.8 Å². The molecule has 6 heteroatoms. The maximum absolute atomic E-state index is 12.4. The largest absolute Gasteiger partial charge is 0.397 e. The van der Waals surface area contributed by atoms with E-state index in [9.17, 15) is 9.59 Å². The lowest BCUT2D eigenvalue weighted by atomic mass is 10.2. The third-order valence-corrected chi connectivity index (χ3v) is 4.56. The van der Waals surface area contributed by atoms with Gasteiger partial charge < -0.3 is 16.0 Å². The average molecular weight is 352 g/mol. The number of rotatable bonds is 3. The van der Waals surface area contributed by atoms with Crippen molar-refractivity contribution < 1.29 is 9.59 Å². The molecule has 1 heterocycles. The van der Waals surface area contributed by atoms with E-state index in [-0.39, 0.29) is 0 Å². The van der Waals surface area contributed by atoms with Gasteiger partial charge in [0.2, 0.25) is 0 Å². The van der Waals surface area contributed by atoms with Crippen LogP contribution >= 0.6 is 0 Å². The highest BCUT2D eigenvalue weighted by Crippen LogP contribution is 2.19. The molecule has 2 amide bonds. The number of piperazine rings is 1. The summed E-state index contributed by atoms with van der Waals surface area (Å²) in [6.07, 6.45) is 0. The zero-order valence-corrected chi connectivity index (χ0v) is 14.9. The van der Waals surface area contributed by atoms with Crippen molar-refractivity contribution in [3.8, 4) is 0 Å². The molecule has 0 saturated carbocycles. The van der Waals surface area contributed by atoms with Gasteiger partial charge in [-0.3, -0.25) is 14.5 Å². The van der Waals surface area contributed by atoms with Gasteiger partial charge in [0.25, 0.3) is 0 Å². The lowest BCUT2D eigenvalue weighted by Crippen LogP contribution is -2.51. The van der Waals surface area contributed by atoms with Crippen molar-refractivity contribution in [2.45, 2.75) is 13.5 Å². The predicted molar refractivity (Wildman–Crippen MR) is 103 cm³/mol. The Kier molecular flexibility index (Phi) is 5.53. The number of nitrogen functional groups attached to an aromatic ring is 1. The van der Waals surface area contributed by atoms with Gasteiger partial charge in [-0.15, -0.1) is 0 Å². The molecule has 1 aliphatic heterocycles. The standard InChI is InChI=1S/C20H24N4O2/c1-15-7-8-17(21)18(13-15)22-19(25)20(26)24-11-9-23(10-12-24)14-16-5-3-2-4-6-16/h2-8,13H,9-12,14,21H2,1H3,(H,22,25). The first kappa shape index (κ1) is 17.9. The van der Waals surface area contributed by atoms with Crippen molar-refractivity contribution in [1.82, 2.24) is 9.80 Å². The minimum absolute atomic E-state index is 0.449. The number of amides is 2. The van der Waals surface area contributed by atoms with Crippen LogP contribution < -0.4 is 11.1 Å². The Bertz CT molecular complexity index is 784. The van der Waals surface area contributed by atoms with Crippen molar-refractivity contribution in [3.05, 3.63) is 59.7 Å². The van der Waals surface area contributed by atoms with Crippen LogP contribution in [0.3, 0.4) is 0 Å². The van der Waals surface area contributed by atoms with Gasteiger partial charge in [-0.25, -0.2) is 0 Å². The van der Waals surface area contributed by atoms with Gasteiger partial charge in [0.05, 0.1) is 11.4 Å². The molecule has 0 aliphatic carbocycles. The molecule has 136 valence electrons. The number of anilines is 2. The fraction of sp³-hybridized carbons (Fsp3) is 0.300. The highest BCUT2D eigenvalue weighted by atomic mass is 16.2. The van der Waals surface area contributed by atoms with Crippen LogP contribution in [0.1, 0.15) is 11.1 Å². The van der Waals surface area contributed by atoms with Crippen molar-refractivity contribution in [1.29, 1.82) is 0 Å². The molecule has 26 heavy (non-hydrogen) atoms. The Morgan fingerprint density at radius 1 is 1.04 bits per heavy atom. The summed E-state index contributed by atoms with van der Waals surface area (Å²) in [5.41, 5.74) is 9.01. The Balaban J connectivity index is 1.53. The van der Waals surface area contributed by atoms with Gasteiger partial charge >= 0.3 is 11.8 Å². The summed E-state index contributed by atoms with van der Waals surface area (Å²) in [5.74, 6) is -1.15. The quantitative estimate of drug-likeness (QED) is 0.653. The number of aryl methyl sites for hydroxylation is 1. The summed E-state index contributed by atoms with van der Waals surface area (Å²) in [4.78, 5) is 28.6. The number of nitrogens with one attached hydrogen (secondary N) is 1. The molecule has 0 aromatic heterocycles. The number of carbonyl (C=O) groups is 2. The van der Waals surface area contributed by atoms with Gasteiger partial charge in [-0.1, -0.05) is 36.4 Å². The van der Waals surface area contributed by atoms with Crippen LogP contribution in [0, 0.1) is 6.92 Å². The first-order valence-corrected chi connectivity index (χ1v) is 8.75. The van der Waals surface area contributed by atoms with Crippen LogP contribution in [0.2, 0.25) is 0 Å². The average Bonchev–Trinajstić information content (AvgIpc) is 2.65. The number of carbonyl (C=O) groups excluding carboxylic acids is 2. The summed E-state index contributed by atoms with van der Waals surface area (Å²) in [5, 5.41) is 2.63. The molecule has 0 unspecified atom stereocenters. The maximum Gasteiger partial charge on any atom is 0.313 e. The molecule has 0 atom stereocenters. The lowest BCUT2D eigenvalue weighted by molar-refractivity contribution is -0.144. The van der Waals surface area contributed by atoms with Crippen molar-refractivity contribution >= 4 is 23.2 Å². The van der Waals surface area contributed by atoms with Crippen LogP contribution in [0.5, 0.6) is 0 Å². The van der Waals surface area contributed by atoms with E-state index in [0.717, 1.165) is 25.2 Å². The minimum Gasteiger partial charge on any atom is -0.397 e. The zero-order valence-electron chi connectivity index (χ0n) is 14.9. The van der Waals surface area contributed by atoms with Gasteiger partial charge in [0, 0.05) is 32.7 Å². The first-order chi connectivity index (χ1) is 12.5. The Morgan fingerprint density at radius 3 is 2.42 bits per heavy atom. The Hall–Kier alpha value is -2.86. The molecular weight excluding hydrogens is 328 g/mol. The molecule has 2 aromatic carbocycles. The maximum atomic E-state index is 12.4. The van der Waals surface area contributed by atoms with Crippen molar-refractivity contribution in [2.75, 3.05) is 37.2 Å². The smallest absolute Gasteiger partial charge is 0.313 e. The van der Waals surface area contributed by atoms with E-state index < -0.39 is 11.8 Å². The second-order valence-corrected chi connectivity index (χ2v) is 6.60. The summed E-state index contributed by atoms with van der Waals surface area (Å²) in [6.45, 7) is 5.35. The second-order valence-electron chi connectivity index (χ2n) is 6.60. The van der Waals surface area contributed by atoms with Crippen molar-refractivity contribution in [2.24, 2.45) is 0 Å². The third-order valence-electron chi connectivity index (χ3n) is 4.56. The molecule has 0 bridgehead atoms. The van der Waals surface area contributed by atoms with E-state index in [0.29, 0.717) is 24.5 Å². The summed E-state index contributed by atoms with van der Waals surface area (Å²) < 4.78 is 0. The Morgan fingerprint density at radius 2 is 1.73 bits per heavy atom. The van der Waals surface area contributed by atoms with Gasteiger partial charge in [-0.2, -0.15) is 0 Å². The number of nitrogens with zero attached hydrogens (tertiary/aromatic N) is 2. The monoisotopic (exact) mass is 352 g/mol. The molecule has 0 spiro atoms. The van der Waals surface area contributed by atoms with E-state index in [1.54, 1.807) is 17.0 Å². The highest BCUT2D eigenvalue weighted by molar-refractivity contribution is 6.39. The van der Waals surface area contributed by atoms with Crippen LogP contribution in [0.15, 0.2) is 48.5 Å². The predicted octanol–water partition coefficient (Wildman–Crippen LogP) is 1.86. The lowest BCUT2D eigenvalue weighted by Gasteiger charge is -2.34. The topological polar surface area (TPSA) is 78.7 Å². The number of benzene rings is 2. The third kappa shape index (κ3) is 4.40. The van der Waals surface area contributed by atoms with Gasteiger partial charge in [0.15, 0.2) is 0 Å². The fourth-order valence-electron chi connectivity index (χ4n) is 3.05. The van der Waals surface area contributed by atoms with Crippen LogP contribution in [-0.2, 0) is 16.1 Å². The van der Waals surface area contributed by atoms with E-state index in [2.05, 4.69) is 22.3 Å². The molecule has 3 rings (SSSR count). The molecular formula is C20H24N4O2. The molecule has 6 nitrogen and oxygen atoms in total. The molecule has 2 aromatic rings. The SMILES string of the molecule is Cc1ccc(N)c(NC(=O)C(=O)N2CCN(Cc3ccccc3)CC2)c1. The van der Waals surface area contributed by atoms with E-state index in [1.165, 1.54) is 5.56 Å². The van der Waals surface area contributed by atoms with E-state index in [4.69, 9.17) is 5.73 Å². The minimum atomic E-state index is -0.640. The molecule has 1 fully saturated rings. The fourth-order valence-corrected chi connectivity index (χ4v) is 3.05. The van der Waals surface area contributed by atoms with Crippen LogP contribution in [0.25, 0.3) is 0 Å². The molecule has 3 N–H and O–H groups in total. The number of nitrogens with two attached hydrogens (primary N) is 1. The molecule has 1 saturated heterocycles. The summed E-state index contributed by atoms with van der Waals surface area (Å²) >= 11 is 0. The summed E-state index contributed by atoms with van der Waals surface area (Å²) in [6, 6.07) is 15.6. The summed E-state index contributed by atoms with van der Waals surface area (Å²) in [7, 11) is 0. The Labute approximate surface area is 153 Å². The number of hydrogen-bond donors (Lipinski definition) is 2.